The van der Waals surface area contributed by atoms with Crippen molar-refractivity contribution in [3.05, 3.63) is 63.7 Å². The fourth-order valence-corrected chi connectivity index (χ4v) is 4.15. The summed E-state index contributed by atoms with van der Waals surface area (Å²) in [6.45, 7) is 3.34. The van der Waals surface area contributed by atoms with Crippen LogP contribution in [0.1, 0.15) is 42.6 Å². The topological polar surface area (TPSA) is 116 Å². The normalized spacial score (nSPS) is 12.6. The lowest BCUT2D eigenvalue weighted by Gasteiger charge is -2.24. The van der Waals surface area contributed by atoms with Gasteiger partial charge in [0.2, 0.25) is 0 Å². The molecule has 9 heteroatoms. The number of carboxylic acid groups (broad SMARTS) is 1. The van der Waals surface area contributed by atoms with Gasteiger partial charge < -0.3 is 14.6 Å². The first kappa shape index (κ1) is 24.2. The molecule has 0 amide bonds. The Bertz CT molecular complexity index is 945. The van der Waals surface area contributed by atoms with Crippen molar-refractivity contribution in [3.8, 4) is 5.75 Å². The lowest BCUT2D eigenvalue weighted by atomic mass is 10.0. The Labute approximate surface area is 184 Å². The third kappa shape index (κ3) is 6.45. The summed E-state index contributed by atoms with van der Waals surface area (Å²) in [7, 11) is 1.59. The molecule has 0 spiro atoms. The molecule has 0 unspecified atom stereocenters. The number of nitrogens with zero attached hydrogens (tertiary/aromatic N) is 1. The number of aliphatic carboxylic acids is 1. The third-order valence-corrected chi connectivity index (χ3v) is 6.13. The predicted molar refractivity (Wildman–Crippen MR) is 117 cm³/mol. The van der Waals surface area contributed by atoms with Gasteiger partial charge in [-0.15, -0.1) is 11.8 Å². The van der Waals surface area contributed by atoms with Gasteiger partial charge in [0, 0.05) is 6.07 Å². The maximum absolute atomic E-state index is 12.0. The zero-order valence-electron chi connectivity index (χ0n) is 17.6. The zero-order chi connectivity index (χ0) is 23.0. The van der Waals surface area contributed by atoms with Crippen LogP contribution in [-0.4, -0.2) is 40.4 Å². The highest BCUT2D eigenvalue weighted by molar-refractivity contribution is 8.01. The number of aryl methyl sites for hydroxylation is 1. The number of methoxy groups -OCH3 is 1. The van der Waals surface area contributed by atoms with Gasteiger partial charge in [-0.25, -0.2) is 4.79 Å². The maximum atomic E-state index is 12.0. The molecule has 0 aliphatic heterocycles. The SMILES string of the molecule is CCOC(=O)c1ccc(S[C@@](C)(CCCc2ccc(OC)cc2)C(=O)O)c([N+](=O)[O-])c1. The number of carbonyl (C=O) groups is 2. The number of hydrogen-bond donors (Lipinski definition) is 1. The van der Waals surface area contributed by atoms with Crippen LogP contribution >= 0.6 is 11.8 Å². The molecule has 31 heavy (non-hydrogen) atoms. The van der Waals surface area contributed by atoms with E-state index in [0.717, 1.165) is 29.1 Å². The van der Waals surface area contributed by atoms with E-state index >= 15 is 0 Å². The Morgan fingerprint density at radius 1 is 1.19 bits per heavy atom. The van der Waals surface area contributed by atoms with Crippen LogP contribution in [0.5, 0.6) is 5.75 Å². The van der Waals surface area contributed by atoms with Crippen molar-refractivity contribution in [2.45, 2.75) is 42.8 Å². The molecule has 0 aliphatic rings. The summed E-state index contributed by atoms with van der Waals surface area (Å²) in [5.41, 5.74) is 0.774. The molecule has 0 bridgehead atoms. The first-order chi connectivity index (χ1) is 14.7. The lowest BCUT2D eigenvalue weighted by Crippen LogP contribution is -2.31. The largest absolute Gasteiger partial charge is 0.497 e. The van der Waals surface area contributed by atoms with Crippen molar-refractivity contribution in [3.63, 3.8) is 0 Å². The number of carboxylic acids is 1. The number of rotatable bonds is 11. The van der Waals surface area contributed by atoms with Crippen LogP contribution in [0.25, 0.3) is 0 Å². The fraction of sp³-hybridized carbons (Fsp3) is 0.364. The van der Waals surface area contributed by atoms with Gasteiger partial charge in [-0.3, -0.25) is 14.9 Å². The van der Waals surface area contributed by atoms with Gasteiger partial charge in [0.15, 0.2) is 0 Å². The average Bonchev–Trinajstić information content (AvgIpc) is 2.74. The number of benzene rings is 2. The van der Waals surface area contributed by atoms with E-state index in [1.807, 2.05) is 24.3 Å². The van der Waals surface area contributed by atoms with Crippen LogP contribution in [0.3, 0.4) is 0 Å². The van der Waals surface area contributed by atoms with Gasteiger partial charge in [-0.2, -0.15) is 0 Å². The highest BCUT2D eigenvalue weighted by Gasteiger charge is 2.36. The van der Waals surface area contributed by atoms with E-state index in [9.17, 15) is 24.8 Å². The molecular formula is C22H25NO7S. The monoisotopic (exact) mass is 447 g/mol. The molecule has 1 atom stereocenters. The molecule has 1 N–H and O–H groups in total. The number of nitro benzene ring substituents is 1. The second-order valence-corrected chi connectivity index (χ2v) is 8.54. The van der Waals surface area contributed by atoms with Gasteiger partial charge in [0.1, 0.15) is 10.5 Å². The predicted octanol–water partition coefficient (Wildman–Crippen LogP) is 4.74. The second kappa shape index (κ2) is 10.8. The van der Waals surface area contributed by atoms with Gasteiger partial charge >= 0.3 is 11.9 Å². The van der Waals surface area contributed by atoms with Gasteiger partial charge in [0.05, 0.1) is 29.1 Å². The Kier molecular flexibility index (Phi) is 8.44. The van der Waals surface area contributed by atoms with Crippen molar-refractivity contribution in [2.24, 2.45) is 0 Å². The van der Waals surface area contributed by atoms with Gasteiger partial charge in [0.25, 0.3) is 5.69 Å². The summed E-state index contributed by atoms with van der Waals surface area (Å²) in [5, 5.41) is 21.4. The third-order valence-electron chi connectivity index (χ3n) is 4.73. The summed E-state index contributed by atoms with van der Waals surface area (Å²) in [4.78, 5) is 35.0. The minimum absolute atomic E-state index is 0.0504. The minimum Gasteiger partial charge on any atom is -0.497 e. The number of ether oxygens (including phenoxy) is 2. The first-order valence-corrected chi connectivity index (χ1v) is 10.5. The van der Waals surface area contributed by atoms with E-state index in [4.69, 9.17) is 9.47 Å². The molecule has 2 aromatic rings. The molecule has 0 radical (unpaired) electrons. The Hall–Kier alpha value is -3.07. The van der Waals surface area contributed by atoms with Gasteiger partial charge in [-0.05, 0) is 62.9 Å². The minimum atomic E-state index is -1.28. The summed E-state index contributed by atoms with van der Waals surface area (Å²) in [6, 6.07) is 11.5. The van der Waals surface area contributed by atoms with E-state index < -0.39 is 21.6 Å². The first-order valence-electron chi connectivity index (χ1n) is 9.71. The summed E-state index contributed by atoms with van der Waals surface area (Å²) in [5.74, 6) is -0.980. The number of carbonyl (C=O) groups excluding carboxylic acids is 1. The van der Waals surface area contributed by atoms with E-state index in [2.05, 4.69) is 0 Å². The molecule has 0 saturated heterocycles. The number of hydrogen-bond acceptors (Lipinski definition) is 7. The molecule has 8 nitrogen and oxygen atoms in total. The Morgan fingerprint density at radius 3 is 2.42 bits per heavy atom. The fourth-order valence-electron chi connectivity index (χ4n) is 2.95. The number of nitro groups is 1. The van der Waals surface area contributed by atoms with Crippen LogP contribution in [-0.2, 0) is 16.0 Å². The van der Waals surface area contributed by atoms with Crippen LogP contribution in [0.4, 0.5) is 5.69 Å². The Balaban J connectivity index is 2.17. The van der Waals surface area contributed by atoms with Crippen molar-refractivity contribution in [1.82, 2.24) is 0 Å². The molecule has 0 aliphatic carbocycles. The molecule has 2 rings (SSSR count). The van der Waals surface area contributed by atoms with Crippen LogP contribution in [0.15, 0.2) is 47.4 Å². The molecule has 0 aromatic heterocycles. The Morgan fingerprint density at radius 2 is 1.87 bits per heavy atom. The smallest absolute Gasteiger partial charge is 0.338 e. The van der Waals surface area contributed by atoms with Crippen molar-refractivity contribution in [1.29, 1.82) is 0 Å². The van der Waals surface area contributed by atoms with Gasteiger partial charge in [-0.1, -0.05) is 12.1 Å². The van der Waals surface area contributed by atoms with Crippen molar-refractivity contribution < 1.29 is 29.1 Å². The number of esters is 1. The molecular weight excluding hydrogens is 422 g/mol. The summed E-state index contributed by atoms with van der Waals surface area (Å²) in [6.07, 6.45) is 1.55. The maximum Gasteiger partial charge on any atom is 0.338 e. The number of thioether (sulfide) groups is 1. The average molecular weight is 448 g/mol. The van der Waals surface area contributed by atoms with Crippen molar-refractivity contribution in [2.75, 3.05) is 13.7 Å². The van der Waals surface area contributed by atoms with Crippen LogP contribution in [0, 0.1) is 10.1 Å². The van der Waals surface area contributed by atoms with E-state index in [0.29, 0.717) is 19.3 Å². The highest BCUT2D eigenvalue weighted by atomic mass is 32.2. The van der Waals surface area contributed by atoms with E-state index in [-0.39, 0.29) is 22.8 Å². The van der Waals surface area contributed by atoms with E-state index in [1.54, 1.807) is 21.0 Å². The van der Waals surface area contributed by atoms with Crippen LogP contribution < -0.4 is 4.74 Å². The second-order valence-electron chi connectivity index (χ2n) is 7.00. The highest BCUT2D eigenvalue weighted by Crippen LogP contribution is 2.41. The zero-order valence-corrected chi connectivity index (χ0v) is 18.4. The van der Waals surface area contributed by atoms with Crippen LogP contribution in [0.2, 0.25) is 0 Å². The quantitative estimate of drug-likeness (QED) is 0.227. The standard InChI is InChI=1S/C22H25NO7S/c1-4-30-20(24)16-9-12-19(18(14-16)23(27)28)31-22(2,21(25)26)13-5-6-15-7-10-17(29-3)11-8-15/h7-12,14H,4-6,13H2,1-3H3,(H,25,26)/t22-/m0/s1. The van der Waals surface area contributed by atoms with E-state index in [1.165, 1.54) is 12.1 Å². The molecule has 0 heterocycles. The summed E-state index contributed by atoms with van der Waals surface area (Å²) < 4.78 is 8.73. The molecule has 2 aromatic carbocycles. The lowest BCUT2D eigenvalue weighted by molar-refractivity contribution is -0.387. The molecule has 0 saturated carbocycles. The summed E-state index contributed by atoms with van der Waals surface area (Å²) >= 11 is 0.916. The molecule has 166 valence electrons. The molecule has 0 fully saturated rings. The van der Waals surface area contributed by atoms with Crippen molar-refractivity contribution >= 4 is 29.4 Å².